The molecule has 3 N–H and O–H groups in total. The van der Waals surface area contributed by atoms with E-state index in [1.54, 1.807) is 18.4 Å². The molecule has 0 aliphatic rings. The summed E-state index contributed by atoms with van der Waals surface area (Å²) >= 11 is 1.65. The SMILES string of the molecule is CN=C(NCCNc1nccc(C(F)(F)F)n1)NC(C)c1cccs1.I. The molecule has 0 fully saturated rings. The van der Waals surface area contributed by atoms with Gasteiger partial charge in [-0.1, -0.05) is 6.07 Å². The summed E-state index contributed by atoms with van der Waals surface area (Å²) in [6.07, 6.45) is -3.41. The van der Waals surface area contributed by atoms with Gasteiger partial charge in [0.25, 0.3) is 0 Å². The Labute approximate surface area is 170 Å². The van der Waals surface area contributed by atoms with Gasteiger partial charge in [0.2, 0.25) is 5.95 Å². The van der Waals surface area contributed by atoms with Gasteiger partial charge in [-0.05, 0) is 24.4 Å². The summed E-state index contributed by atoms with van der Waals surface area (Å²) in [6.45, 7) is 2.80. The molecule has 0 saturated carbocycles. The second-order valence-electron chi connectivity index (χ2n) is 5.07. The Balaban J connectivity index is 0.00000338. The summed E-state index contributed by atoms with van der Waals surface area (Å²) < 4.78 is 37.8. The van der Waals surface area contributed by atoms with Gasteiger partial charge in [-0.2, -0.15) is 13.2 Å². The van der Waals surface area contributed by atoms with Crippen molar-refractivity contribution in [3.8, 4) is 0 Å². The van der Waals surface area contributed by atoms with Crippen molar-refractivity contribution < 1.29 is 13.2 Å². The smallest absolute Gasteiger partial charge is 0.355 e. The molecule has 0 radical (unpaired) electrons. The summed E-state index contributed by atoms with van der Waals surface area (Å²) in [5.74, 6) is 0.541. The van der Waals surface area contributed by atoms with Gasteiger partial charge in [-0.15, -0.1) is 35.3 Å². The zero-order chi connectivity index (χ0) is 18.3. The molecule has 2 aromatic rings. The largest absolute Gasteiger partial charge is 0.433 e. The first kappa shape index (κ1) is 22.4. The summed E-state index contributed by atoms with van der Waals surface area (Å²) in [6, 6.07) is 4.95. The fourth-order valence-corrected chi connectivity index (χ4v) is 2.70. The molecule has 0 aliphatic carbocycles. The number of guanidine groups is 1. The van der Waals surface area contributed by atoms with E-state index >= 15 is 0 Å². The number of nitrogens with zero attached hydrogens (tertiary/aromatic N) is 3. The molecule has 0 amide bonds. The lowest BCUT2D eigenvalue weighted by Crippen LogP contribution is -2.40. The third-order valence-corrected chi connectivity index (χ3v) is 4.25. The van der Waals surface area contributed by atoms with Crippen LogP contribution in [0.3, 0.4) is 0 Å². The number of aromatic nitrogens is 2. The highest BCUT2D eigenvalue weighted by molar-refractivity contribution is 14.0. The van der Waals surface area contributed by atoms with Crippen LogP contribution in [0.15, 0.2) is 34.8 Å². The molecule has 2 heterocycles. The van der Waals surface area contributed by atoms with Crippen molar-refractivity contribution in [2.45, 2.75) is 19.1 Å². The van der Waals surface area contributed by atoms with Gasteiger partial charge < -0.3 is 16.0 Å². The number of hydrogen-bond acceptors (Lipinski definition) is 5. The van der Waals surface area contributed by atoms with Crippen molar-refractivity contribution in [1.29, 1.82) is 0 Å². The molecule has 0 aromatic carbocycles. The predicted octanol–water partition coefficient (Wildman–Crippen LogP) is 3.51. The summed E-state index contributed by atoms with van der Waals surface area (Å²) in [5, 5.41) is 11.1. The second-order valence-corrected chi connectivity index (χ2v) is 6.05. The minimum absolute atomic E-state index is 0. The molecule has 0 aliphatic heterocycles. The van der Waals surface area contributed by atoms with Crippen molar-refractivity contribution >= 4 is 47.2 Å². The number of aliphatic imine (C=N–C) groups is 1. The maximum Gasteiger partial charge on any atom is 0.433 e. The normalized spacial score (nSPS) is 12.9. The highest BCUT2D eigenvalue weighted by Gasteiger charge is 2.32. The van der Waals surface area contributed by atoms with Crippen LogP contribution in [0.5, 0.6) is 0 Å². The van der Waals surface area contributed by atoms with Gasteiger partial charge in [0, 0.05) is 31.2 Å². The maximum atomic E-state index is 12.6. The molecule has 2 rings (SSSR count). The molecule has 2 aromatic heterocycles. The summed E-state index contributed by atoms with van der Waals surface area (Å²) in [4.78, 5) is 12.5. The van der Waals surface area contributed by atoms with Crippen molar-refractivity contribution in [2.24, 2.45) is 4.99 Å². The monoisotopic (exact) mass is 500 g/mol. The lowest BCUT2D eigenvalue weighted by atomic mass is 10.3. The van der Waals surface area contributed by atoms with Crippen molar-refractivity contribution in [2.75, 3.05) is 25.5 Å². The van der Waals surface area contributed by atoms with Crippen molar-refractivity contribution in [3.05, 3.63) is 40.3 Å². The van der Waals surface area contributed by atoms with Crippen LogP contribution in [0, 0.1) is 0 Å². The van der Waals surface area contributed by atoms with E-state index in [0.29, 0.717) is 19.0 Å². The van der Waals surface area contributed by atoms with Gasteiger partial charge >= 0.3 is 6.18 Å². The Bertz CT molecular complexity index is 693. The fourth-order valence-electron chi connectivity index (χ4n) is 1.97. The Morgan fingerprint density at radius 1 is 1.31 bits per heavy atom. The van der Waals surface area contributed by atoms with E-state index in [0.717, 1.165) is 12.3 Å². The maximum absolute atomic E-state index is 12.6. The molecule has 0 bridgehead atoms. The first-order chi connectivity index (χ1) is 11.9. The molecule has 26 heavy (non-hydrogen) atoms. The Hall–Kier alpha value is -1.63. The van der Waals surface area contributed by atoms with Crippen LogP contribution in [-0.2, 0) is 6.18 Å². The van der Waals surface area contributed by atoms with Gasteiger partial charge in [0.1, 0.15) is 5.69 Å². The number of thiophene rings is 1. The zero-order valence-corrected chi connectivity index (χ0v) is 17.3. The highest BCUT2D eigenvalue weighted by atomic mass is 127. The number of alkyl halides is 3. The lowest BCUT2D eigenvalue weighted by Gasteiger charge is -2.17. The van der Waals surface area contributed by atoms with Gasteiger partial charge in [-0.25, -0.2) is 9.97 Å². The number of rotatable bonds is 6. The quantitative estimate of drug-likeness (QED) is 0.245. The first-order valence-corrected chi connectivity index (χ1v) is 8.43. The molecule has 1 atom stereocenters. The van der Waals surface area contributed by atoms with E-state index in [2.05, 4.69) is 30.9 Å². The molecule has 0 saturated heterocycles. The van der Waals surface area contributed by atoms with E-state index in [9.17, 15) is 13.2 Å². The number of anilines is 1. The summed E-state index contributed by atoms with van der Waals surface area (Å²) in [7, 11) is 1.65. The van der Waals surface area contributed by atoms with Crippen LogP contribution in [0.4, 0.5) is 19.1 Å². The zero-order valence-electron chi connectivity index (χ0n) is 14.2. The molecule has 6 nitrogen and oxygen atoms in total. The van der Waals surface area contributed by atoms with Crippen LogP contribution < -0.4 is 16.0 Å². The third kappa shape index (κ3) is 6.94. The highest BCUT2D eigenvalue weighted by Crippen LogP contribution is 2.27. The van der Waals surface area contributed by atoms with Crippen LogP contribution in [-0.4, -0.2) is 36.1 Å². The third-order valence-electron chi connectivity index (χ3n) is 3.19. The number of hydrogen-bond donors (Lipinski definition) is 3. The molecular formula is C15H20F3IN6S. The first-order valence-electron chi connectivity index (χ1n) is 7.55. The molecular weight excluding hydrogens is 480 g/mol. The molecule has 1 unspecified atom stereocenters. The van der Waals surface area contributed by atoms with Crippen LogP contribution in [0.25, 0.3) is 0 Å². The minimum atomic E-state index is -4.48. The van der Waals surface area contributed by atoms with Crippen LogP contribution >= 0.6 is 35.3 Å². The standard InChI is InChI=1S/C15H19F3N6S.HI/c1-10(11-4-3-9-25-11)23-13(19-2)21-7-8-22-14-20-6-5-12(24-14)15(16,17)18;/h3-6,9-10H,7-8H2,1-2H3,(H2,19,21,23)(H,20,22,24);1H. The fraction of sp³-hybridized carbons (Fsp3) is 0.400. The van der Waals surface area contributed by atoms with E-state index in [1.807, 2.05) is 24.4 Å². The van der Waals surface area contributed by atoms with Gasteiger partial charge in [-0.3, -0.25) is 4.99 Å². The van der Waals surface area contributed by atoms with E-state index < -0.39 is 11.9 Å². The topological polar surface area (TPSA) is 74.2 Å². The van der Waals surface area contributed by atoms with Gasteiger partial charge in [0.05, 0.1) is 6.04 Å². The molecule has 0 spiro atoms. The molecule has 144 valence electrons. The average Bonchev–Trinajstić information content (AvgIpc) is 3.11. The minimum Gasteiger partial charge on any atom is -0.355 e. The average molecular weight is 500 g/mol. The Kier molecular flexibility index (Phi) is 9.05. The lowest BCUT2D eigenvalue weighted by molar-refractivity contribution is -0.141. The predicted molar refractivity (Wildman–Crippen MR) is 108 cm³/mol. The summed E-state index contributed by atoms with van der Waals surface area (Å²) in [5.41, 5.74) is -0.972. The van der Waals surface area contributed by atoms with Crippen molar-refractivity contribution in [3.63, 3.8) is 0 Å². The van der Waals surface area contributed by atoms with E-state index in [4.69, 9.17) is 0 Å². The Morgan fingerprint density at radius 3 is 2.69 bits per heavy atom. The second kappa shape index (κ2) is 10.5. The molecule has 11 heteroatoms. The van der Waals surface area contributed by atoms with Crippen LogP contribution in [0.1, 0.15) is 23.5 Å². The Morgan fingerprint density at radius 2 is 2.08 bits per heavy atom. The van der Waals surface area contributed by atoms with Gasteiger partial charge in [0.15, 0.2) is 5.96 Å². The number of halogens is 4. The van der Waals surface area contributed by atoms with E-state index in [1.165, 1.54) is 4.88 Å². The van der Waals surface area contributed by atoms with E-state index in [-0.39, 0.29) is 36.0 Å². The van der Waals surface area contributed by atoms with Crippen molar-refractivity contribution in [1.82, 2.24) is 20.6 Å². The number of nitrogens with one attached hydrogen (secondary N) is 3. The van der Waals surface area contributed by atoms with Crippen LogP contribution in [0.2, 0.25) is 0 Å².